The average Bonchev–Trinajstić information content (AvgIpc) is 1.19. The number of piperazine rings is 3. The summed E-state index contributed by atoms with van der Waals surface area (Å²) in [4.78, 5) is 96.6. The molecular formula is C96H110BrN21O7. The summed E-state index contributed by atoms with van der Waals surface area (Å²) in [5.41, 5.74) is 9.61. The number of aromatic nitrogens is 6. The number of likely N-dealkylation sites (N-methyl/N-ethyl adjacent to an activating group) is 3. The number of benzene rings is 6. The van der Waals surface area contributed by atoms with Gasteiger partial charge in [-0.05, 0) is 163 Å². The third-order valence-corrected chi connectivity index (χ3v) is 27.0. The minimum Gasteiger partial charge on any atom is -0.496 e. The Morgan fingerprint density at radius 2 is 0.936 bits per heavy atom. The Bertz CT molecular complexity index is 5620. The van der Waals surface area contributed by atoms with E-state index in [0.717, 1.165) is 156 Å². The van der Waals surface area contributed by atoms with Crippen molar-refractivity contribution in [1.29, 1.82) is 10.5 Å². The van der Waals surface area contributed by atoms with Gasteiger partial charge in [0.15, 0.2) is 0 Å². The number of nitrogens with zero attached hydrogens (tertiary/aromatic N) is 21. The summed E-state index contributed by atoms with van der Waals surface area (Å²) in [6, 6.07) is 45.9. The van der Waals surface area contributed by atoms with E-state index in [1.54, 1.807) is 21.8 Å². The van der Waals surface area contributed by atoms with E-state index in [9.17, 15) is 24.9 Å². The summed E-state index contributed by atoms with van der Waals surface area (Å²) >= 11 is 3.78. The Morgan fingerprint density at radius 1 is 0.488 bits per heavy atom. The molecule has 12 heterocycles. The molecule has 125 heavy (non-hydrogen) atoms. The molecule has 0 spiro atoms. The van der Waals surface area contributed by atoms with Gasteiger partial charge in [0, 0.05) is 145 Å². The van der Waals surface area contributed by atoms with Gasteiger partial charge in [-0.3, -0.25) is 14.4 Å². The molecule has 6 aromatic carbocycles. The van der Waals surface area contributed by atoms with Crippen molar-refractivity contribution >= 4 is 100 Å². The van der Waals surface area contributed by atoms with Crippen LogP contribution in [0, 0.1) is 29.2 Å². The molecule has 6 atom stereocenters. The van der Waals surface area contributed by atoms with Crippen LogP contribution in [0.15, 0.2) is 158 Å². The first-order chi connectivity index (χ1) is 61.0. The van der Waals surface area contributed by atoms with Gasteiger partial charge in [0.25, 0.3) is 0 Å². The van der Waals surface area contributed by atoms with Crippen LogP contribution in [-0.2, 0) is 53.3 Å². The highest BCUT2D eigenvalue weighted by molar-refractivity contribution is 9.10. The maximum absolute atomic E-state index is 12.6. The number of fused-ring (bicyclic) bond motifs is 6. The Hall–Kier alpha value is -12.2. The second kappa shape index (κ2) is 39.3. The van der Waals surface area contributed by atoms with Gasteiger partial charge in [0.05, 0.1) is 75.0 Å². The van der Waals surface area contributed by atoms with E-state index in [1.807, 2.05) is 17.0 Å². The van der Waals surface area contributed by atoms with Gasteiger partial charge in [-0.25, -0.2) is 6.57 Å². The van der Waals surface area contributed by atoms with Gasteiger partial charge in [-0.2, -0.15) is 40.4 Å². The van der Waals surface area contributed by atoms with E-state index in [1.165, 1.54) is 70.4 Å². The van der Waals surface area contributed by atoms with Crippen molar-refractivity contribution in [2.24, 2.45) is 0 Å². The maximum Gasteiger partial charge on any atom is 0.318 e. The highest BCUT2D eigenvalue weighted by Gasteiger charge is 2.40. The third kappa shape index (κ3) is 18.8. The zero-order valence-electron chi connectivity index (χ0n) is 72.0. The SMILES string of the molecule is C=CC(=O)N1CCN(c2nc(OC[C@@H]3CCCN3C)nc3c2CCN(c2cccc4cccc(Br)c24)C3)C[C@@H]1CC#N.C=CC(=O)N1CCN(c2nc(OC[C@@H]3CCCN3C)nc3c2CCN(c2cccc4ccccc24)C3)[C@@H](C#N)C1.[C-]#[N+]C[C@H]1CN(c2nc(OC[C@@H]3CCCN3C)nc3c2CCN(c2cccc4cccc(OC)c24)C3)CCN1C(=O)C=C. The number of likely N-dealkylation sites (tertiary alicyclic amines) is 3. The molecule has 6 saturated heterocycles. The molecule has 3 amide bonds. The summed E-state index contributed by atoms with van der Waals surface area (Å²) in [6.45, 7) is 32.5. The van der Waals surface area contributed by atoms with Gasteiger partial charge in [-0.1, -0.05) is 121 Å². The number of carbonyl (C=O) groups excluding carboxylic acids is 3. The van der Waals surface area contributed by atoms with Gasteiger partial charge in [-0.15, -0.1) is 0 Å². The van der Waals surface area contributed by atoms with Crippen molar-refractivity contribution in [2.75, 3.05) is 182 Å². The van der Waals surface area contributed by atoms with Crippen molar-refractivity contribution in [3.63, 3.8) is 0 Å². The van der Waals surface area contributed by atoms with Crippen molar-refractivity contribution < 1.29 is 33.3 Å². The number of nitriles is 2. The van der Waals surface area contributed by atoms with Crippen LogP contribution in [0.25, 0.3) is 37.2 Å². The second-order valence-corrected chi connectivity index (χ2v) is 34.5. The second-order valence-electron chi connectivity index (χ2n) is 33.7. The Kier molecular flexibility index (Phi) is 27.2. The number of amides is 3. The molecule has 0 aliphatic carbocycles. The quantitative estimate of drug-likeness (QED) is 0.0478. The summed E-state index contributed by atoms with van der Waals surface area (Å²) in [5, 5.41) is 26.7. The molecule has 0 bridgehead atoms. The molecule has 0 N–H and O–H groups in total. The van der Waals surface area contributed by atoms with Crippen LogP contribution in [0.1, 0.15) is 78.7 Å². The molecule has 9 aliphatic rings. The third-order valence-electron chi connectivity index (χ3n) is 26.4. The van der Waals surface area contributed by atoms with Crippen LogP contribution >= 0.6 is 15.9 Å². The van der Waals surface area contributed by atoms with Gasteiger partial charge < -0.3 is 82.6 Å². The topological polar surface area (TPSA) is 256 Å². The Balaban J connectivity index is 0.000000138. The van der Waals surface area contributed by atoms with Crippen LogP contribution in [0.3, 0.4) is 0 Å². The molecule has 9 aliphatic heterocycles. The fourth-order valence-electron chi connectivity index (χ4n) is 19.5. The number of ether oxygens (including phenoxy) is 4. The van der Waals surface area contributed by atoms with Crippen LogP contribution < -0.4 is 48.3 Å². The standard InChI is InChI=1S/C33H39N7O3.C32H36BrN7O2.C31H35N7O2/c1-5-30(41)40-18-17-39(20-25(40)19-34-2)32-26-14-16-38(28-12-6-9-23-10-7-13-29(42-4)31(23)28)21-27(26)35-33(36-32)43-22-24-11-8-15-37(24)3;1-3-29(41)40-18-17-39(19-23(40)12-14-34)31-25-13-16-38(28-11-5-8-22-7-4-10-26(33)30(22)28)20-27(25)35-32(36-31)42-21-24-9-6-15-37(24)2;1-3-29(39)37-16-17-38(24(18-32)19-37)30-26-13-15-36(28-12-6-9-22-8-4-5-11-25(22)28)20-27(26)33-31(34-30)40-21-23-10-7-14-35(23)2/h5-7,9-10,12-13,24-25H,1,8,11,14-22H2,3-4H3;3-5,7-8,10-11,23-24H,1,6,9,12-13,15-21H2,2H3;3-6,8-9,11-12,23-24H,1,7,10,13-17,19-21H2,2H3/t24-,25-;2*23-,24-/m000/s1. The minimum absolute atomic E-state index is 0.135. The monoisotopic (exact) mass is 1750 g/mol. The lowest BCUT2D eigenvalue weighted by atomic mass is 10.0. The molecule has 18 rings (SSSR count). The molecule has 0 unspecified atom stereocenters. The van der Waals surface area contributed by atoms with Gasteiger partial charge >= 0.3 is 18.0 Å². The first kappa shape index (κ1) is 86.3. The normalized spacial score (nSPS) is 20.9. The molecule has 648 valence electrons. The molecular weight excluding hydrogens is 1640 g/mol. The molecule has 3 aromatic heterocycles. The fourth-order valence-corrected chi connectivity index (χ4v) is 20.1. The van der Waals surface area contributed by atoms with Crippen LogP contribution in [0.5, 0.6) is 23.8 Å². The van der Waals surface area contributed by atoms with Crippen molar-refractivity contribution in [3.8, 4) is 35.9 Å². The van der Waals surface area contributed by atoms with Gasteiger partial charge in [0.1, 0.15) is 55.1 Å². The predicted molar refractivity (Wildman–Crippen MR) is 491 cm³/mol. The highest BCUT2D eigenvalue weighted by atomic mass is 79.9. The van der Waals surface area contributed by atoms with E-state index >= 15 is 0 Å². The van der Waals surface area contributed by atoms with Crippen LogP contribution in [0.4, 0.5) is 34.5 Å². The minimum atomic E-state index is -0.512. The first-order valence-corrected chi connectivity index (χ1v) is 44.6. The van der Waals surface area contributed by atoms with Gasteiger partial charge in [0.2, 0.25) is 24.3 Å². The fraction of sp³-hybridized carbons (Fsp3) is 0.438. The molecule has 0 radical (unpaired) electrons. The van der Waals surface area contributed by atoms with Crippen LogP contribution in [0.2, 0.25) is 0 Å². The lowest BCUT2D eigenvalue weighted by molar-refractivity contribution is -0.129. The number of halogens is 1. The first-order valence-electron chi connectivity index (χ1n) is 43.8. The summed E-state index contributed by atoms with van der Waals surface area (Å²) in [6.07, 6.45) is 13.3. The summed E-state index contributed by atoms with van der Waals surface area (Å²) in [7, 11) is 8.12. The number of hydrogen-bond donors (Lipinski definition) is 0. The smallest absolute Gasteiger partial charge is 0.318 e. The van der Waals surface area contributed by atoms with E-state index in [0.29, 0.717) is 135 Å². The predicted octanol–water partition coefficient (Wildman–Crippen LogP) is 11.7. The molecule has 0 saturated carbocycles. The molecule has 29 heteroatoms. The maximum atomic E-state index is 12.6. The van der Waals surface area contributed by atoms with Crippen molar-refractivity contribution in [2.45, 2.75) is 120 Å². The summed E-state index contributed by atoms with van der Waals surface area (Å²) < 4.78 is 25.7. The van der Waals surface area contributed by atoms with Crippen molar-refractivity contribution in [1.82, 2.24) is 59.3 Å². The largest absolute Gasteiger partial charge is 0.496 e. The highest BCUT2D eigenvalue weighted by Crippen LogP contribution is 2.43. The number of methoxy groups -OCH3 is 1. The van der Waals surface area contributed by atoms with E-state index < -0.39 is 6.04 Å². The number of hydrogen-bond acceptors (Lipinski definition) is 24. The zero-order chi connectivity index (χ0) is 86.8. The molecule has 9 aromatic rings. The zero-order valence-corrected chi connectivity index (χ0v) is 73.6. The van der Waals surface area contributed by atoms with Crippen LogP contribution in [-0.4, -0.2) is 266 Å². The van der Waals surface area contributed by atoms with E-state index in [4.69, 9.17) is 55.4 Å². The number of anilines is 6. The Labute approximate surface area is 740 Å². The average molecular weight is 1750 g/mol. The summed E-state index contributed by atoms with van der Waals surface area (Å²) in [5.74, 6) is 2.90. The lowest BCUT2D eigenvalue weighted by Crippen LogP contribution is -2.56. The number of carbonyl (C=O) groups is 3. The Morgan fingerprint density at radius 3 is 1.43 bits per heavy atom. The molecule has 6 fully saturated rings. The molecule has 28 nitrogen and oxygen atoms in total. The number of rotatable bonds is 21. The van der Waals surface area contributed by atoms with E-state index in [-0.39, 0.29) is 42.8 Å². The van der Waals surface area contributed by atoms with Crippen molar-refractivity contribution in [3.05, 3.63) is 203 Å². The lowest BCUT2D eigenvalue weighted by Gasteiger charge is -2.42. The van der Waals surface area contributed by atoms with E-state index in [2.05, 4.69) is 216 Å².